The number of fused-ring (bicyclic) bond motifs is 1. The third-order valence-corrected chi connectivity index (χ3v) is 6.64. The van der Waals surface area contributed by atoms with Gasteiger partial charge in [0.2, 0.25) is 0 Å². The molecule has 170 valence electrons. The molecule has 3 aromatic rings. The number of nitrogens with one attached hydrogen (secondary N) is 2. The fraction of sp³-hybridized carbons (Fsp3) is 0.333. The van der Waals surface area contributed by atoms with E-state index in [9.17, 15) is 14.7 Å². The van der Waals surface area contributed by atoms with Crippen LogP contribution in [0.4, 0.5) is 22.0 Å². The predicted molar refractivity (Wildman–Crippen MR) is 130 cm³/mol. The van der Waals surface area contributed by atoms with E-state index in [0.29, 0.717) is 29.3 Å². The van der Waals surface area contributed by atoms with Gasteiger partial charge in [-0.3, -0.25) is 14.7 Å². The molecule has 0 spiro atoms. The van der Waals surface area contributed by atoms with Gasteiger partial charge in [-0.1, -0.05) is 15.9 Å². The lowest BCUT2D eigenvalue weighted by atomic mass is 10.0. The highest BCUT2D eigenvalue weighted by Gasteiger charge is 2.33. The number of carboxylic acid groups (broad SMARTS) is 1. The van der Waals surface area contributed by atoms with E-state index in [-0.39, 0.29) is 17.7 Å². The van der Waals surface area contributed by atoms with Crippen LogP contribution >= 0.6 is 15.9 Å². The lowest BCUT2D eigenvalue weighted by molar-refractivity contribution is 0.0968. The molecule has 33 heavy (non-hydrogen) atoms. The maximum atomic E-state index is 13.0. The Morgan fingerprint density at radius 1 is 1.12 bits per heavy atom. The summed E-state index contributed by atoms with van der Waals surface area (Å²) < 4.78 is 0.891. The number of benzene rings is 1. The number of piperidine rings is 1. The summed E-state index contributed by atoms with van der Waals surface area (Å²) >= 11 is 3.51. The summed E-state index contributed by atoms with van der Waals surface area (Å²) in [6.07, 6.45) is 5.78. The monoisotopic (exact) mass is 509 g/mol. The first-order valence-corrected chi connectivity index (χ1v) is 11.9. The number of halogens is 1. The first-order valence-electron chi connectivity index (χ1n) is 11.1. The first kappa shape index (κ1) is 21.8. The number of hydrogen-bond acceptors (Lipinski definition) is 6. The molecule has 8 nitrogen and oxygen atoms in total. The fourth-order valence-corrected chi connectivity index (χ4v) is 4.65. The van der Waals surface area contributed by atoms with Crippen molar-refractivity contribution in [1.29, 1.82) is 0 Å². The highest BCUT2D eigenvalue weighted by Crippen LogP contribution is 2.38. The topological polar surface area (TPSA) is 107 Å². The molecule has 0 bridgehead atoms. The Labute approximate surface area is 199 Å². The van der Waals surface area contributed by atoms with Crippen LogP contribution in [-0.2, 0) is 0 Å². The van der Waals surface area contributed by atoms with Gasteiger partial charge >= 0.3 is 6.09 Å². The van der Waals surface area contributed by atoms with Gasteiger partial charge in [0, 0.05) is 28.5 Å². The van der Waals surface area contributed by atoms with Crippen molar-refractivity contribution >= 4 is 55.9 Å². The van der Waals surface area contributed by atoms with Crippen LogP contribution in [0.15, 0.2) is 47.2 Å². The highest BCUT2D eigenvalue weighted by atomic mass is 79.9. The van der Waals surface area contributed by atoms with Crippen LogP contribution in [0, 0.1) is 5.92 Å². The smallest absolute Gasteiger partial charge is 0.413 e. The van der Waals surface area contributed by atoms with Crippen LogP contribution in [0.25, 0.3) is 10.9 Å². The molecule has 1 unspecified atom stereocenters. The molecule has 1 amide bonds. The number of pyridine rings is 2. The minimum Gasteiger partial charge on any atom is -0.465 e. The molecule has 1 aliphatic heterocycles. The van der Waals surface area contributed by atoms with Gasteiger partial charge in [-0.2, -0.15) is 0 Å². The van der Waals surface area contributed by atoms with Gasteiger partial charge in [0.1, 0.15) is 5.82 Å². The molecule has 0 radical (unpaired) electrons. The van der Waals surface area contributed by atoms with Crippen LogP contribution in [0.1, 0.15) is 36.0 Å². The Morgan fingerprint density at radius 3 is 2.64 bits per heavy atom. The normalized spacial score (nSPS) is 18.2. The van der Waals surface area contributed by atoms with E-state index in [1.807, 2.05) is 18.2 Å². The van der Waals surface area contributed by atoms with Gasteiger partial charge in [0.15, 0.2) is 5.78 Å². The zero-order chi connectivity index (χ0) is 22.9. The average Bonchev–Trinajstić information content (AvgIpc) is 3.66. The summed E-state index contributed by atoms with van der Waals surface area (Å²) in [6, 6.07) is 9.11. The summed E-state index contributed by atoms with van der Waals surface area (Å²) in [7, 11) is 0. The van der Waals surface area contributed by atoms with Crippen LogP contribution in [-0.4, -0.2) is 46.1 Å². The van der Waals surface area contributed by atoms with E-state index >= 15 is 0 Å². The molecule has 3 heterocycles. The third-order valence-electron chi connectivity index (χ3n) is 6.15. The van der Waals surface area contributed by atoms with Crippen LogP contribution in [0.2, 0.25) is 0 Å². The Bertz CT molecular complexity index is 1210. The van der Waals surface area contributed by atoms with Crippen molar-refractivity contribution in [3.05, 3.63) is 52.8 Å². The number of ketones is 1. The molecule has 2 fully saturated rings. The van der Waals surface area contributed by atoms with E-state index in [0.717, 1.165) is 47.6 Å². The first-order chi connectivity index (χ1) is 16.0. The van der Waals surface area contributed by atoms with E-state index in [4.69, 9.17) is 0 Å². The second-order valence-electron chi connectivity index (χ2n) is 8.53. The number of Topliss-reactive ketones (excluding diaryl/α,β-unsaturated/α-hetero) is 1. The number of rotatable bonds is 6. The van der Waals surface area contributed by atoms with Crippen molar-refractivity contribution < 1.29 is 14.7 Å². The molecule has 2 aromatic heterocycles. The maximum absolute atomic E-state index is 13.0. The van der Waals surface area contributed by atoms with E-state index in [1.54, 1.807) is 24.5 Å². The summed E-state index contributed by atoms with van der Waals surface area (Å²) in [6.45, 7) is 1.51. The van der Waals surface area contributed by atoms with E-state index in [1.165, 1.54) is 4.90 Å². The summed E-state index contributed by atoms with van der Waals surface area (Å²) in [5.41, 5.74) is 2.70. The number of anilines is 3. The van der Waals surface area contributed by atoms with Gasteiger partial charge in [0.25, 0.3) is 0 Å². The molecule has 5 rings (SSSR count). The zero-order valence-electron chi connectivity index (χ0n) is 17.9. The Balaban J connectivity index is 1.48. The van der Waals surface area contributed by atoms with Crippen molar-refractivity contribution in [1.82, 2.24) is 15.3 Å². The second-order valence-corrected chi connectivity index (χ2v) is 9.45. The summed E-state index contributed by atoms with van der Waals surface area (Å²) in [5, 5.41) is 17.2. The molecule has 9 heteroatoms. The highest BCUT2D eigenvalue weighted by molar-refractivity contribution is 9.10. The van der Waals surface area contributed by atoms with Crippen molar-refractivity contribution in [2.45, 2.75) is 31.7 Å². The Morgan fingerprint density at radius 2 is 1.97 bits per heavy atom. The van der Waals surface area contributed by atoms with Crippen molar-refractivity contribution in [2.75, 3.05) is 23.3 Å². The van der Waals surface area contributed by atoms with Gasteiger partial charge in [0.05, 0.1) is 34.7 Å². The lowest BCUT2D eigenvalue weighted by Gasteiger charge is -2.31. The molecular formula is C24H24BrN5O3. The predicted octanol–water partition coefficient (Wildman–Crippen LogP) is 4.97. The average molecular weight is 510 g/mol. The number of aromatic nitrogens is 2. The Kier molecular flexibility index (Phi) is 5.99. The Hall–Kier alpha value is -3.04. The molecular weight excluding hydrogens is 486 g/mol. The molecule has 2 aliphatic rings. The SMILES string of the molecule is O=C(c1cnc2ccc(Br)cc2c1Nc1ccc(N(C(=O)O)C2CCCNC2)nc1)C1CC1. The molecule has 1 atom stereocenters. The number of nitrogens with zero attached hydrogens (tertiary/aromatic N) is 3. The van der Waals surface area contributed by atoms with Crippen molar-refractivity contribution in [3.63, 3.8) is 0 Å². The van der Waals surface area contributed by atoms with Crippen molar-refractivity contribution in [3.8, 4) is 0 Å². The number of carbonyl (C=O) groups excluding carboxylic acids is 1. The van der Waals surface area contributed by atoms with Crippen LogP contribution in [0.5, 0.6) is 0 Å². The maximum Gasteiger partial charge on any atom is 0.413 e. The molecule has 1 aromatic carbocycles. The standard InChI is InChI=1S/C24H24BrN5O3/c25-15-5-7-20-18(10-15)22(19(13-27-20)23(31)14-3-4-14)29-16-6-8-21(28-11-16)30(24(32)33)17-2-1-9-26-12-17/h5-8,10-11,13-14,17,26H,1-4,9,12H2,(H,27,29)(H,32,33). The zero-order valence-corrected chi connectivity index (χ0v) is 19.5. The summed E-state index contributed by atoms with van der Waals surface area (Å²) in [4.78, 5) is 35.1. The number of amides is 1. The molecule has 1 aliphatic carbocycles. The minimum atomic E-state index is -1.01. The quantitative estimate of drug-likeness (QED) is 0.402. The van der Waals surface area contributed by atoms with Gasteiger partial charge in [-0.05, 0) is 62.6 Å². The van der Waals surface area contributed by atoms with E-state index in [2.05, 4.69) is 36.5 Å². The number of carbonyl (C=O) groups is 2. The van der Waals surface area contributed by atoms with Crippen molar-refractivity contribution in [2.24, 2.45) is 5.92 Å². The fourth-order valence-electron chi connectivity index (χ4n) is 4.29. The number of hydrogen-bond donors (Lipinski definition) is 3. The third kappa shape index (κ3) is 4.56. The lowest BCUT2D eigenvalue weighted by Crippen LogP contribution is -2.48. The van der Waals surface area contributed by atoms with Gasteiger partial charge in [-0.25, -0.2) is 9.78 Å². The molecule has 1 saturated heterocycles. The second kappa shape index (κ2) is 9.07. The molecule has 1 saturated carbocycles. The van der Waals surface area contributed by atoms with Gasteiger partial charge < -0.3 is 15.7 Å². The van der Waals surface area contributed by atoms with E-state index < -0.39 is 6.09 Å². The minimum absolute atomic E-state index is 0.0608. The van der Waals surface area contributed by atoms with Gasteiger partial charge in [-0.15, -0.1) is 0 Å². The van der Waals surface area contributed by atoms with Crippen LogP contribution in [0.3, 0.4) is 0 Å². The largest absolute Gasteiger partial charge is 0.465 e. The van der Waals surface area contributed by atoms with Crippen LogP contribution < -0.4 is 15.5 Å². The molecule has 3 N–H and O–H groups in total. The summed E-state index contributed by atoms with van der Waals surface area (Å²) in [5.74, 6) is 0.544.